The molecule has 20 heavy (non-hydrogen) atoms. The van der Waals surface area contributed by atoms with Crippen molar-refractivity contribution in [3.05, 3.63) is 35.9 Å². The quantitative estimate of drug-likeness (QED) is 0.451. The topological polar surface area (TPSA) is 52.6 Å². The third kappa shape index (κ3) is 8.39. The standard InChI is InChI=1S/C15H24N2O2.Li.H/c1-17(2)11-7-6-10-14(15(18)19)16-12-13-8-4-3-5-9-13;;/h3-5,8-9,14,16H,6-7,10-12H2,1-2H3,(H,18,19);;/q;+1;-1. The number of carbonyl (C=O) groups is 1. The van der Waals surface area contributed by atoms with Gasteiger partial charge in [0.25, 0.3) is 0 Å². The molecule has 1 rings (SSSR count). The van der Waals surface area contributed by atoms with Gasteiger partial charge in [-0.15, -0.1) is 0 Å². The van der Waals surface area contributed by atoms with Crippen LogP contribution in [0.4, 0.5) is 0 Å². The first-order chi connectivity index (χ1) is 9.09. The molecule has 0 aromatic heterocycles. The molecule has 0 fully saturated rings. The van der Waals surface area contributed by atoms with Gasteiger partial charge < -0.3 is 16.7 Å². The first-order valence-electron chi connectivity index (χ1n) is 6.74. The van der Waals surface area contributed by atoms with Crippen LogP contribution in [-0.4, -0.2) is 42.7 Å². The van der Waals surface area contributed by atoms with Crippen molar-refractivity contribution in [3.8, 4) is 0 Å². The van der Waals surface area contributed by atoms with Crippen LogP contribution < -0.4 is 24.2 Å². The Hall–Kier alpha value is -0.793. The Bertz CT molecular complexity index is 377. The molecule has 108 valence electrons. The molecule has 0 amide bonds. The molecule has 0 saturated carbocycles. The summed E-state index contributed by atoms with van der Waals surface area (Å²) in [5.41, 5.74) is 1.11. The summed E-state index contributed by atoms with van der Waals surface area (Å²) in [6.45, 7) is 1.61. The van der Waals surface area contributed by atoms with Gasteiger partial charge in [0.05, 0.1) is 0 Å². The molecule has 0 bridgehead atoms. The molecule has 1 aromatic carbocycles. The fraction of sp³-hybridized carbons (Fsp3) is 0.533. The zero-order valence-corrected chi connectivity index (χ0v) is 12.8. The monoisotopic (exact) mass is 272 g/mol. The second kappa shape index (κ2) is 10.9. The average Bonchev–Trinajstić information content (AvgIpc) is 2.38. The van der Waals surface area contributed by atoms with E-state index in [1.165, 1.54) is 0 Å². The van der Waals surface area contributed by atoms with Gasteiger partial charge >= 0.3 is 24.8 Å². The van der Waals surface area contributed by atoms with E-state index >= 15 is 0 Å². The molecule has 1 aromatic rings. The summed E-state index contributed by atoms with van der Waals surface area (Å²) in [6, 6.07) is 9.42. The summed E-state index contributed by atoms with van der Waals surface area (Å²) in [7, 11) is 4.06. The third-order valence-electron chi connectivity index (χ3n) is 3.04. The number of aliphatic carboxylic acids is 1. The minimum atomic E-state index is -0.763. The van der Waals surface area contributed by atoms with Crippen molar-refractivity contribution in [3.63, 3.8) is 0 Å². The normalized spacial score (nSPS) is 11.9. The number of nitrogens with one attached hydrogen (secondary N) is 1. The van der Waals surface area contributed by atoms with E-state index in [4.69, 9.17) is 0 Å². The predicted molar refractivity (Wildman–Crippen MR) is 78.2 cm³/mol. The Morgan fingerprint density at radius 1 is 1.30 bits per heavy atom. The summed E-state index contributed by atoms with van der Waals surface area (Å²) < 4.78 is 0. The number of benzene rings is 1. The first kappa shape index (κ1) is 19.2. The average molecular weight is 272 g/mol. The van der Waals surface area contributed by atoms with E-state index in [0.717, 1.165) is 24.9 Å². The van der Waals surface area contributed by atoms with Crippen molar-refractivity contribution >= 4 is 5.97 Å². The van der Waals surface area contributed by atoms with E-state index in [1.807, 2.05) is 44.4 Å². The first-order valence-corrected chi connectivity index (χ1v) is 6.74. The summed E-state index contributed by atoms with van der Waals surface area (Å²) in [5, 5.41) is 12.3. The van der Waals surface area contributed by atoms with E-state index in [9.17, 15) is 9.90 Å². The van der Waals surface area contributed by atoms with Crippen LogP contribution in [0.15, 0.2) is 30.3 Å². The summed E-state index contributed by atoms with van der Waals surface area (Å²) in [4.78, 5) is 13.3. The van der Waals surface area contributed by atoms with Crippen molar-refractivity contribution in [2.45, 2.75) is 31.8 Å². The number of carboxylic acids is 1. The molecule has 0 saturated heterocycles. The maximum atomic E-state index is 11.2. The summed E-state index contributed by atoms with van der Waals surface area (Å²) in [5.74, 6) is -0.763. The van der Waals surface area contributed by atoms with Crippen molar-refractivity contribution in [1.82, 2.24) is 10.2 Å². The van der Waals surface area contributed by atoms with Gasteiger partial charge in [0.2, 0.25) is 0 Å². The SMILES string of the molecule is CN(C)CCCCC(NCc1ccccc1)C(=O)O.[H-].[Li+]. The fourth-order valence-electron chi connectivity index (χ4n) is 1.93. The van der Waals surface area contributed by atoms with E-state index in [2.05, 4.69) is 10.2 Å². The van der Waals surface area contributed by atoms with Gasteiger partial charge in [-0.2, -0.15) is 0 Å². The molecule has 0 aliphatic heterocycles. The van der Waals surface area contributed by atoms with Crippen LogP contribution in [0.1, 0.15) is 26.3 Å². The van der Waals surface area contributed by atoms with Crippen LogP contribution in [0.3, 0.4) is 0 Å². The molecule has 0 aliphatic carbocycles. The van der Waals surface area contributed by atoms with Crippen molar-refractivity contribution in [2.24, 2.45) is 0 Å². The number of nitrogens with zero attached hydrogens (tertiary/aromatic N) is 1. The van der Waals surface area contributed by atoms with Crippen LogP contribution in [0, 0.1) is 0 Å². The number of hydrogen-bond acceptors (Lipinski definition) is 3. The van der Waals surface area contributed by atoms with Gasteiger partial charge in [-0.25, -0.2) is 0 Å². The van der Waals surface area contributed by atoms with Crippen LogP contribution in [0.2, 0.25) is 0 Å². The number of carboxylic acid groups (broad SMARTS) is 1. The van der Waals surface area contributed by atoms with Crippen molar-refractivity contribution in [2.75, 3.05) is 20.6 Å². The van der Waals surface area contributed by atoms with Gasteiger partial charge in [-0.05, 0) is 39.0 Å². The molecule has 1 atom stereocenters. The van der Waals surface area contributed by atoms with Gasteiger partial charge in [-0.3, -0.25) is 4.79 Å². The summed E-state index contributed by atoms with van der Waals surface area (Å²) >= 11 is 0. The zero-order chi connectivity index (χ0) is 14.1. The van der Waals surface area contributed by atoms with E-state index in [0.29, 0.717) is 13.0 Å². The zero-order valence-electron chi connectivity index (χ0n) is 13.8. The Balaban J connectivity index is 0. The smallest absolute Gasteiger partial charge is 1.00 e. The van der Waals surface area contributed by atoms with Gasteiger partial charge in [0, 0.05) is 6.54 Å². The Kier molecular flexibility index (Phi) is 10.5. The van der Waals surface area contributed by atoms with Gasteiger partial charge in [-0.1, -0.05) is 36.8 Å². The molecule has 2 N–H and O–H groups in total. The molecular weight excluding hydrogens is 247 g/mol. The molecule has 0 spiro atoms. The van der Waals surface area contributed by atoms with Gasteiger partial charge in [0.1, 0.15) is 6.04 Å². The largest absolute Gasteiger partial charge is 1.00 e. The Labute approximate surface area is 135 Å². The van der Waals surface area contributed by atoms with Crippen molar-refractivity contribution < 1.29 is 30.2 Å². The van der Waals surface area contributed by atoms with E-state index < -0.39 is 12.0 Å². The van der Waals surface area contributed by atoms with Crippen LogP contribution in [-0.2, 0) is 11.3 Å². The molecule has 5 heteroatoms. The van der Waals surface area contributed by atoms with Crippen molar-refractivity contribution in [1.29, 1.82) is 0 Å². The molecule has 0 radical (unpaired) electrons. The minimum absolute atomic E-state index is 0. The molecule has 0 aliphatic rings. The Morgan fingerprint density at radius 3 is 2.50 bits per heavy atom. The minimum Gasteiger partial charge on any atom is -1.00 e. The number of unbranched alkanes of at least 4 members (excludes halogenated alkanes) is 1. The molecular formula is C15H25LiN2O2. The van der Waals surface area contributed by atoms with E-state index in [-0.39, 0.29) is 20.3 Å². The van der Waals surface area contributed by atoms with E-state index in [1.54, 1.807) is 0 Å². The van der Waals surface area contributed by atoms with Crippen LogP contribution in [0.25, 0.3) is 0 Å². The van der Waals surface area contributed by atoms with Crippen LogP contribution >= 0.6 is 0 Å². The maximum absolute atomic E-state index is 11.2. The predicted octanol–water partition coefficient (Wildman–Crippen LogP) is -0.922. The second-order valence-corrected chi connectivity index (χ2v) is 5.06. The summed E-state index contributed by atoms with van der Waals surface area (Å²) in [6.07, 6.45) is 2.64. The number of hydrogen-bond donors (Lipinski definition) is 2. The molecule has 4 nitrogen and oxygen atoms in total. The van der Waals surface area contributed by atoms with Gasteiger partial charge in [0.15, 0.2) is 0 Å². The van der Waals surface area contributed by atoms with Crippen LogP contribution in [0.5, 0.6) is 0 Å². The maximum Gasteiger partial charge on any atom is 1.00 e. The second-order valence-electron chi connectivity index (χ2n) is 5.06. The molecule has 1 unspecified atom stereocenters. The number of rotatable bonds is 9. The molecule has 0 heterocycles. The Morgan fingerprint density at radius 2 is 1.95 bits per heavy atom. The fourth-order valence-corrected chi connectivity index (χ4v) is 1.93. The third-order valence-corrected chi connectivity index (χ3v) is 3.04.